The summed E-state index contributed by atoms with van der Waals surface area (Å²) in [5.74, 6) is 0. The number of hydrogen-bond donors (Lipinski definition) is 1. The summed E-state index contributed by atoms with van der Waals surface area (Å²) < 4.78 is 11.5. The first-order valence-corrected chi connectivity index (χ1v) is 7.05. The first kappa shape index (κ1) is 14.9. The SMILES string of the molecule is CCOC(OCC)C(NC)c1cccc2ncccc12. The van der Waals surface area contributed by atoms with Crippen LogP contribution in [0.5, 0.6) is 0 Å². The van der Waals surface area contributed by atoms with Gasteiger partial charge in [0.15, 0.2) is 6.29 Å². The fraction of sp³-hybridized carbons (Fsp3) is 0.438. The lowest BCUT2D eigenvalue weighted by Crippen LogP contribution is -2.34. The number of hydrogen-bond acceptors (Lipinski definition) is 4. The van der Waals surface area contributed by atoms with Crippen LogP contribution in [-0.4, -0.2) is 31.5 Å². The lowest BCUT2D eigenvalue weighted by Gasteiger charge is -2.27. The zero-order valence-corrected chi connectivity index (χ0v) is 12.3. The topological polar surface area (TPSA) is 43.4 Å². The molecule has 108 valence electrons. The molecular formula is C16H22N2O2. The molecule has 1 unspecified atom stereocenters. The molecule has 4 heteroatoms. The Morgan fingerprint density at radius 2 is 1.85 bits per heavy atom. The van der Waals surface area contributed by atoms with Crippen molar-refractivity contribution in [2.75, 3.05) is 20.3 Å². The average Bonchev–Trinajstić information content (AvgIpc) is 2.49. The van der Waals surface area contributed by atoms with Crippen LogP contribution in [0.1, 0.15) is 25.5 Å². The Balaban J connectivity index is 2.42. The van der Waals surface area contributed by atoms with Gasteiger partial charge in [0.05, 0.1) is 11.6 Å². The van der Waals surface area contributed by atoms with Crippen LogP contribution in [0.3, 0.4) is 0 Å². The minimum Gasteiger partial charge on any atom is -0.351 e. The molecule has 1 N–H and O–H groups in total. The number of pyridine rings is 1. The fourth-order valence-corrected chi connectivity index (χ4v) is 2.41. The zero-order valence-electron chi connectivity index (χ0n) is 12.3. The molecule has 2 rings (SSSR count). The maximum Gasteiger partial charge on any atom is 0.176 e. The maximum atomic E-state index is 5.73. The summed E-state index contributed by atoms with van der Waals surface area (Å²) in [6.07, 6.45) is 1.50. The highest BCUT2D eigenvalue weighted by Gasteiger charge is 2.24. The molecule has 1 aromatic heterocycles. The second-order valence-electron chi connectivity index (χ2n) is 4.46. The van der Waals surface area contributed by atoms with Gasteiger partial charge in [-0.3, -0.25) is 4.98 Å². The van der Waals surface area contributed by atoms with Crippen LogP contribution in [0, 0.1) is 0 Å². The Morgan fingerprint density at radius 3 is 2.50 bits per heavy atom. The molecule has 4 nitrogen and oxygen atoms in total. The molecule has 0 aliphatic rings. The van der Waals surface area contributed by atoms with Crippen molar-refractivity contribution in [3.8, 4) is 0 Å². The minimum absolute atomic E-state index is 0.0252. The molecule has 20 heavy (non-hydrogen) atoms. The molecule has 0 spiro atoms. The van der Waals surface area contributed by atoms with Crippen LogP contribution in [-0.2, 0) is 9.47 Å². The van der Waals surface area contributed by atoms with Crippen molar-refractivity contribution in [1.29, 1.82) is 0 Å². The zero-order chi connectivity index (χ0) is 14.4. The van der Waals surface area contributed by atoms with E-state index in [9.17, 15) is 0 Å². The Labute approximate surface area is 120 Å². The van der Waals surface area contributed by atoms with E-state index < -0.39 is 0 Å². The van der Waals surface area contributed by atoms with Crippen molar-refractivity contribution in [2.45, 2.75) is 26.2 Å². The van der Waals surface area contributed by atoms with Gasteiger partial charge < -0.3 is 14.8 Å². The fourth-order valence-electron chi connectivity index (χ4n) is 2.41. The predicted molar refractivity (Wildman–Crippen MR) is 80.6 cm³/mol. The largest absolute Gasteiger partial charge is 0.351 e. The molecule has 0 aliphatic carbocycles. The number of fused-ring (bicyclic) bond motifs is 1. The highest BCUT2D eigenvalue weighted by atomic mass is 16.7. The van der Waals surface area contributed by atoms with Gasteiger partial charge in [-0.1, -0.05) is 18.2 Å². The predicted octanol–water partition coefficient (Wildman–Crippen LogP) is 2.89. The third kappa shape index (κ3) is 3.15. The summed E-state index contributed by atoms with van der Waals surface area (Å²) in [6.45, 7) is 5.19. The van der Waals surface area contributed by atoms with Gasteiger partial charge in [0.2, 0.25) is 0 Å². The lowest BCUT2D eigenvalue weighted by molar-refractivity contribution is -0.154. The highest BCUT2D eigenvalue weighted by molar-refractivity contribution is 5.82. The second-order valence-corrected chi connectivity index (χ2v) is 4.46. The molecule has 0 radical (unpaired) electrons. The smallest absolute Gasteiger partial charge is 0.176 e. The molecule has 0 fully saturated rings. The van der Waals surface area contributed by atoms with Gasteiger partial charge in [-0.05, 0) is 38.6 Å². The quantitative estimate of drug-likeness (QED) is 0.788. The summed E-state index contributed by atoms with van der Waals surface area (Å²) in [5, 5.41) is 4.43. The molecule has 0 saturated carbocycles. The minimum atomic E-state index is -0.305. The van der Waals surface area contributed by atoms with E-state index in [-0.39, 0.29) is 12.3 Å². The number of likely N-dealkylation sites (N-methyl/N-ethyl adjacent to an activating group) is 1. The van der Waals surface area contributed by atoms with Crippen LogP contribution < -0.4 is 5.32 Å². The van der Waals surface area contributed by atoms with E-state index in [1.54, 1.807) is 0 Å². The van der Waals surface area contributed by atoms with E-state index in [0.717, 1.165) is 16.5 Å². The summed E-state index contributed by atoms with van der Waals surface area (Å²) in [6, 6.07) is 10.1. The van der Waals surface area contributed by atoms with Gasteiger partial charge in [-0.15, -0.1) is 0 Å². The molecule has 0 saturated heterocycles. The number of nitrogens with zero attached hydrogens (tertiary/aromatic N) is 1. The van der Waals surface area contributed by atoms with Gasteiger partial charge in [-0.25, -0.2) is 0 Å². The van der Waals surface area contributed by atoms with Gasteiger partial charge in [0.25, 0.3) is 0 Å². The third-order valence-electron chi connectivity index (χ3n) is 3.26. The molecule has 0 bridgehead atoms. The summed E-state index contributed by atoms with van der Waals surface area (Å²) >= 11 is 0. The average molecular weight is 274 g/mol. The van der Waals surface area contributed by atoms with E-state index in [1.807, 2.05) is 45.3 Å². The summed E-state index contributed by atoms with van der Waals surface area (Å²) in [7, 11) is 1.92. The van der Waals surface area contributed by atoms with Crippen LogP contribution in [0.2, 0.25) is 0 Å². The molecule has 1 aromatic carbocycles. The number of nitrogens with one attached hydrogen (secondary N) is 1. The van der Waals surface area contributed by atoms with E-state index >= 15 is 0 Å². The summed E-state index contributed by atoms with van der Waals surface area (Å²) in [5.41, 5.74) is 2.13. The molecule has 2 aromatic rings. The van der Waals surface area contributed by atoms with Crippen LogP contribution in [0.25, 0.3) is 10.9 Å². The standard InChI is InChI=1S/C16H22N2O2/c1-4-19-16(20-5-2)15(17-3)13-8-6-10-14-12(13)9-7-11-18-14/h6-11,15-17H,4-5H2,1-3H3. The Kier molecular flexibility index (Phi) is 5.47. The van der Waals surface area contributed by atoms with Crippen LogP contribution >= 0.6 is 0 Å². The first-order chi connectivity index (χ1) is 9.81. The Morgan fingerprint density at radius 1 is 1.10 bits per heavy atom. The highest BCUT2D eigenvalue weighted by Crippen LogP contribution is 2.27. The second kappa shape index (κ2) is 7.33. The van der Waals surface area contributed by atoms with Crippen LogP contribution in [0.15, 0.2) is 36.5 Å². The van der Waals surface area contributed by atoms with Gasteiger partial charge >= 0.3 is 0 Å². The first-order valence-electron chi connectivity index (χ1n) is 7.05. The monoisotopic (exact) mass is 274 g/mol. The van der Waals surface area contributed by atoms with E-state index in [2.05, 4.69) is 22.4 Å². The number of ether oxygens (including phenoxy) is 2. The number of benzene rings is 1. The molecule has 0 aliphatic heterocycles. The molecular weight excluding hydrogens is 252 g/mol. The van der Waals surface area contributed by atoms with Gasteiger partial charge in [0.1, 0.15) is 0 Å². The van der Waals surface area contributed by atoms with Crippen molar-refractivity contribution in [3.63, 3.8) is 0 Å². The number of aromatic nitrogens is 1. The third-order valence-corrected chi connectivity index (χ3v) is 3.26. The molecule has 0 amide bonds. The lowest BCUT2D eigenvalue weighted by atomic mass is 10.0. The van der Waals surface area contributed by atoms with Crippen molar-refractivity contribution >= 4 is 10.9 Å². The normalized spacial score (nSPS) is 13.0. The molecule has 1 heterocycles. The Bertz CT molecular complexity index is 533. The van der Waals surface area contributed by atoms with Gasteiger partial charge in [0, 0.05) is 24.8 Å². The van der Waals surface area contributed by atoms with E-state index in [4.69, 9.17) is 9.47 Å². The van der Waals surface area contributed by atoms with Crippen molar-refractivity contribution in [3.05, 3.63) is 42.1 Å². The van der Waals surface area contributed by atoms with E-state index in [1.165, 1.54) is 0 Å². The summed E-state index contributed by atoms with van der Waals surface area (Å²) in [4.78, 5) is 4.40. The Hall–Kier alpha value is -1.49. The van der Waals surface area contributed by atoms with Gasteiger partial charge in [-0.2, -0.15) is 0 Å². The number of rotatable bonds is 7. The van der Waals surface area contributed by atoms with Crippen molar-refractivity contribution < 1.29 is 9.47 Å². The molecule has 1 atom stereocenters. The van der Waals surface area contributed by atoms with E-state index in [0.29, 0.717) is 13.2 Å². The maximum absolute atomic E-state index is 5.73. The van der Waals surface area contributed by atoms with Crippen molar-refractivity contribution in [1.82, 2.24) is 10.3 Å². The van der Waals surface area contributed by atoms with Crippen LogP contribution in [0.4, 0.5) is 0 Å². The van der Waals surface area contributed by atoms with Crippen molar-refractivity contribution in [2.24, 2.45) is 0 Å².